The zero-order valence-electron chi connectivity index (χ0n) is 16.7. The Bertz CT molecular complexity index is 867. The molecule has 1 fully saturated rings. The molecule has 0 aliphatic heterocycles. The highest BCUT2D eigenvalue weighted by atomic mass is 16.6. The summed E-state index contributed by atoms with van der Waals surface area (Å²) in [5.74, 6) is -0.0263. The lowest BCUT2D eigenvalue weighted by Crippen LogP contribution is -2.20. The van der Waals surface area contributed by atoms with Gasteiger partial charge in [0.05, 0.1) is 0 Å². The van der Waals surface area contributed by atoms with Gasteiger partial charge in [-0.3, -0.25) is 4.79 Å². The van der Waals surface area contributed by atoms with Crippen molar-refractivity contribution in [3.63, 3.8) is 0 Å². The SMILES string of the molecule is Cc1cc(C)c(OCC(=O)OCC(=O)c2cc(C)n(C3CC3)c2C)c(C)c1. The number of hydrogen-bond donors (Lipinski definition) is 0. The number of carbonyl (C=O) groups is 2. The maximum Gasteiger partial charge on any atom is 0.344 e. The molecule has 0 bridgehead atoms. The monoisotopic (exact) mass is 369 g/mol. The van der Waals surface area contributed by atoms with Crippen molar-refractivity contribution in [2.45, 2.75) is 53.5 Å². The number of Topliss-reactive ketones (excluding diaryl/α,β-unsaturated/α-hetero) is 1. The molecule has 0 radical (unpaired) electrons. The largest absolute Gasteiger partial charge is 0.481 e. The second-order valence-corrected chi connectivity index (χ2v) is 7.49. The first-order chi connectivity index (χ1) is 12.8. The van der Waals surface area contributed by atoms with E-state index in [0.717, 1.165) is 40.9 Å². The van der Waals surface area contributed by atoms with E-state index in [4.69, 9.17) is 9.47 Å². The van der Waals surface area contributed by atoms with Crippen LogP contribution in [0.2, 0.25) is 0 Å². The molecule has 1 aliphatic rings. The van der Waals surface area contributed by atoms with E-state index >= 15 is 0 Å². The molecule has 1 heterocycles. The van der Waals surface area contributed by atoms with Crippen molar-refractivity contribution in [2.24, 2.45) is 0 Å². The summed E-state index contributed by atoms with van der Waals surface area (Å²) >= 11 is 0. The van der Waals surface area contributed by atoms with E-state index in [9.17, 15) is 9.59 Å². The molecule has 1 saturated carbocycles. The molecule has 0 spiro atoms. The molecule has 0 unspecified atom stereocenters. The first-order valence-electron chi connectivity index (χ1n) is 9.35. The summed E-state index contributed by atoms with van der Waals surface area (Å²) in [7, 11) is 0. The lowest BCUT2D eigenvalue weighted by Gasteiger charge is -2.12. The first-order valence-corrected chi connectivity index (χ1v) is 9.35. The van der Waals surface area contributed by atoms with Crippen molar-refractivity contribution in [2.75, 3.05) is 13.2 Å². The number of rotatable bonds is 7. The third-order valence-electron chi connectivity index (χ3n) is 5.00. The molecule has 0 atom stereocenters. The Hall–Kier alpha value is -2.56. The second kappa shape index (κ2) is 7.59. The molecular formula is C22H27NO4. The van der Waals surface area contributed by atoms with Gasteiger partial charge in [0, 0.05) is 23.0 Å². The molecule has 1 aliphatic carbocycles. The molecule has 0 amide bonds. The fourth-order valence-corrected chi connectivity index (χ4v) is 3.75. The Labute approximate surface area is 160 Å². The topological polar surface area (TPSA) is 57.5 Å². The Morgan fingerprint density at radius 2 is 1.63 bits per heavy atom. The maximum absolute atomic E-state index is 12.5. The van der Waals surface area contributed by atoms with Crippen LogP contribution in [-0.2, 0) is 9.53 Å². The van der Waals surface area contributed by atoms with Gasteiger partial charge in [0.2, 0.25) is 5.78 Å². The molecule has 27 heavy (non-hydrogen) atoms. The van der Waals surface area contributed by atoms with Crippen molar-refractivity contribution >= 4 is 11.8 Å². The van der Waals surface area contributed by atoms with Crippen LogP contribution in [0.4, 0.5) is 0 Å². The van der Waals surface area contributed by atoms with Crippen LogP contribution in [0.5, 0.6) is 5.75 Å². The van der Waals surface area contributed by atoms with Crippen LogP contribution in [-0.4, -0.2) is 29.5 Å². The number of ether oxygens (including phenoxy) is 2. The predicted molar refractivity (Wildman–Crippen MR) is 104 cm³/mol. The maximum atomic E-state index is 12.5. The summed E-state index contributed by atoms with van der Waals surface area (Å²) in [6.07, 6.45) is 2.32. The van der Waals surface area contributed by atoms with Crippen molar-refractivity contribution in [3.05, 3.63) is 51.8 Å². The summed E-state index contributed by atoms with van der Waals surface area (Å²) in [5.41, 5.74) is 5.77. The number of benzene rings is 1. The summed E-state index contributed by atoms with van der Waals surface area (Å²) < 4.78 is 13.0. The Morgan fingerprint density at radius 3 is 2.22 bits per heavy atom. The molecule has 144 valence electrons. The van der Waals surface area contributed by atoms with E-state index in [1.165, 1.54) is 0 Å². The van der Waals surface area contributed by atoms with Crippen molar-refractivity contribution in [1.29, 1.82) is 0 Å². The predicted octanol–water partition coefficient (Wildman–Crippen LogP) is 4.17. The van der Waals surface area contributed by atoms with Gasteiger partial charge in [-0.1, -0.05) is 17.7 Å². The van der Waals surface area contributed by atoms with Gasteiger partial charge in [-0.2, -0.15) is 0 Å². The lowest BCUT2D eigenvalue weighted by atomic mass is 10.1. The smallest absolute Gasteiger partial charge is 0.344 e. The normalized spacial score (nSPS) is 13.5. The van der Waals surface area contributed by atoms with Gasteiger partial charge in [0.25, 0.3) is 0 Å². The molecular weight excluding hydrogens is 342 g/mol. The van der Waals surface area contributed by atoms with Crippen LogP contribution in [0.25, 0.3) is 0 Å². The average molecular weight is 369 g/mol. The highest BCUT2D eigenvalue weighted by Crippen LogP contribution is 2.38. The Kier molecular flexibility index (Phi) is 5.40. The number of carbonyl (C=O) groups excluding carboxylic acids is 2. The minimum atomic E-state index is -0.543. The van der Waals surface area contributed by atoms with E-state index < -0.39 is 5.97 Å². The van der Waals surface area contributed by atoms with Gasteiger partial charge in [-0.25, -0.2) is 4.79 Å². The molecule has 1 aromatic carbocycles. The zero-order chi connectivity index (χ0) is 19.7. The fraction of sp³-hybridized carbons (Fsp3) is 0.455. The molecule has 0 N–H and O–H groups in total. The van der Waals surface area contributed by atoms with E-state index in [1.54, 1.807) is 0 Å². The van der Waals surface area contributed by atoms with Gasteiger partial charge in [-0.15, -0.1) is 0 Å². The van der Waals surface area contributed by atoms with Gasteiger partial charge in [0.1, 0.15) is 5.75 Å². The standard InChI is InChI=1S/C22H27NO4/c1-13-8-14(2)22(15(3)9-13)27-12-21(25)26-11-20(24)19-10-16(4)23(17(19)5)18-6-7-18/h8-10,18H,6-7,11-12H2,1-5H3. The fourth-order valence-electron chi connectivity index (χ4n) is 3.75. The third kappa shape index (κ3) is 4.24. The Morgan fingerprint density at radius 1 is 1.00 bits per heavy atom. The van der Waals surface area contributed by atoms with Crippen LogP contribution < -0.4 is 4.74 Å². The molecule has 0 saturated heterocycles. The summed E-state index contributed by atoms with van der Waals surface area (Å²) in [5, 5.41) is 0. The third-order valence-corrected chi connectivity index (χ3v) is 5.00. The van der Waals surface area contributed by atoms with Crippen LogP contribution in [0.1, 0.15) is 57.3 Å². The number of hydrogen-bond acceptors (Lipinski definition) is 4. The number of esters is 1. The quantitative estimate of drug-likeness (QED) is 0.543. The summed E-state index contributed by atoms with van der Waals surface area (Å²) in [4.78, 5) is 24.5. The van der Waals surface area contributed by atoms with Gasteiger partial charge in [-0.05, 0) is 64.7 Å². The van der Waals surface area contributed by atoms with Gasteiger partial charge < -0.3 is 14.0 Å². The Balaban J connectivity index is 1.55. The molecule has 3 rings (SSSR count). The molecule has 5 nitrogen and oxygen atoms in total. The highest BCUT2D eigenvalue weighted by molar-refractivity contribution is 5.99. The van der Waals surface area contributed by atoms with E-state index in [0.29, 0.717) is 17.4 Å². The van der Waals surface area contributed by atoms with Gasteiger partial charge >= 0.3 is 5.97 Å². The lowest BCUT2D eigenvalue weighted by molar-refractivity contribution is -0.144. The number of aryl methyl sites for hydroxylation is 4. The van der Waals surface area contributed by atoms with Crippen molar-refractivity contribution in [3.8, 4) is 5.75 Å². The average Bonchev–Trinajstić information content (AvgIpc) is 3.36. The van der Waals surface area contributed by atoms with Crippen LogP contribution in [0.15, 0.2) is 18.2 Å². The number of nitrogens with zero attached hydrogens (tertiary/aromatic N) is 1. The number of aromatic nitrogens is 1. The second-order valence-electron chi connectivity index (χ2n) is 7.49. The van der Waals surface area contributed by atoms with E-state index in [2.05, 4.69) is 4.57 Å². The van der Waals surface area contributed by atoms with Crippen LogP contribution in [0.3, 0.4) is 0 Å². The van der Waals surface area contributed by atoms with Gasteiger partial charge in [0.15, 0.2) is 13.2 Å². The van der Waals surface area contributed by atoms with E-state index in [-0.39, 0.29) is 19.0 Å². The molecule has 5 heteroatoms. The molecule has 1 aromatic heterocycles. The highest BCUT2D eigenvalue weighted by Gasteiger charge is 2.28. The molecule has 2 aromatic rings. The van der Waals surface area contributed by atoms with Crippen molar-refractivity contribution in [1.82, 2.24) is 4.57 Å². The van der Waals surface area contributed by atoms with Crippen LogP contribution in [0, 0.1) is 34.6 Å². The summed E-state index contributed by atoms with van der Waals surface area (Å²) in [6.45, 7) is 9.40. The first kappa shape index (κ1) is 19.2. The van der Waals surface area contributed by atoms with Crippen molar-refractivity contribution < 1.29 is 19.1 Å². The zero-order valence-corrected chi connectivity index (χ0v) is 16.7. The summed E-state index contributed by atoms with van der Waals surface area (Å²) in [6, 6.07) is 6.42. The minimum absolute atomic E-state index is 0.175. The number of ketones is 1. The minimum Gasteiger partial charge on any atom is -0.481 e. The van der Waals surface area contributed by atoms with Crippen LogP contribution >= 0.6 is 0 Å². The van der Waals surface area contributed by atoms with E-state index in [1.807, 2.05) is 52.8 Å².